The molecule has 0 spiro atoms. The molecule has 170 valence electrons. The maximum absolute atomic E-state index is 13.4. The third-order valence-electron chi connectivity index (χ3n) is 6.99. The molecule has 7 heteroatoms. The molecule has 3 amide bonds. The summed E-state index contributed by atoms with van der Waals surface area (Å²) in [5.74, 6) is 0.202. The second-order valence-electron chi connectivity index (χ2n) is 8.81. The van der Waals surface area contributed by atoms with Crippen LogP contribution in [0.1, 0.15) is 74.2 Å². The minimum absolute atomic E-state index is 0.0181. The summed E-state index contributed by atoms with van der Waals surface area (Å²) < 4.78 is 0. The Morgan fingerprint density at radius 1 is 1.16 bits per heavy atom. The maximum Gasteiger partial charge on any atom is 0.257 e. The molecule has 1 fully saturated rings. The van der Waals surface area contributed by atoms with Crippen LogP contribution in [0, 0.1) is 5.92 Å². The Morgan fingerprint density at radius 3 is 2.59 bits per heavy atom. The summed E-state index contributed by atoms with van der Waals surface area (Å²) in [5, 5.41) is 5.26. The van der Waals surface area contributed by atoms with Crippen molar-refractivity contribution in [1.82, 2.24) is 10.2 Å². The number of para-hydroxylation sites is 1. The Hall–Kier alpha value is -2.67. The van der Waals surface area contributed by atoms with Crippen molar-refractivity contribution in [2.45, 2.75) is 64.6 Å². The Bertz CT molecular complexity index is 1000. The van der Waals surface area contributed by atoms with Crippen LogP contribution in [-0.4, -0.2) is 34.8 Å². The molecule has 0 aliphatic carbocycles. The van der Waals surface area contributed by atoms with Gasteiger partial charge in [0.15, 0.2) is 0 Å². The number of anilines is 1. The second-order valence-corrected chi connectivity index (χ2v) is 9.79. The topological polar surface area (TPSA) is 69.7 Å². The third-order valence-corrected chi connectivity index (χ3v) is 7.95. The fourth-order valence-corrected chi connectivity index (χ4v) is 6.02. The van der Waals surface area contributed by atoms with Crippen molar-refractivity contribution in [3.8, 4) is 0 Å². The first kappa shape index (κ1) is 22.5. The van der Waals surface area contributed by atoms with Gasteiger partial charge in [0.25, 0.3) is 5.91 Å². The Balaban J connectivity index is 1.52. The van der Waals surface area contributed by atoms with Crippen molar-refractivity contribution in [3.05, 3.63) is 52.2 Å². The normalized spacial score (nSPS) is 21.0. The van der Waals surface area contributed by atoms with Crippen LogP contribution < -0.4 is 10.2 Å². The van der Waals surface area contributed by atoms with Gasteiger partial charge in [-0.3, -0.25) is 19.3 Å². The van der Waals surface area contributed by atoms with E-state index in [0.717, 1.165) is 17.7 Å². The van der Waals surface area contributed by atoms with Gasteiger partial charge in [0.2, 0.25) is 11.8 Å². The molecule has 3 heterocycles. The van der Waals surface area contributed by atoms with Crippen LogP contribution >= 0.6 is 11.3 Å². The summed E-state index contributed by atoms with van der Waals surface area (Å²) in [6.07, 6.45) is 3.13. The van der Waals surface area contributed by atoms with Crippen LogP contribution in [-0.2, 0) is 9.59 Å². The zero-order valence-corrected chi connectivity index (χ0v) is 19.8. The Labute approximate surface area is 193 Å². The first-order valence-electron chi connectivity index (χ1n) is 11.5. The molecule has 1 saturated heterocycles. The molecular formula is C25H31N3O3S. The molecule has 0 radical (unpaired) electrons. The minimum Gasteiger partial charge on any atom is -0.348 e. The zero-order valence-electron chi connectivity index (χ0n) is 19.0. The fraction of sp³-hybridized carbons (Fsp3) is 0.480. The average Bonchev–Trinajstić information content (AvgIpc) is 3.42. The molecule has 32 heavy (non-hydrogen) atoms. The number of fused-ring (bicyclic) bond motifs is 3. The molecule has 0 saturated carbocycles. The lowest BCUT2D eigenvalue weighted by molar-refractivity contribution is -0.122. The number of hydrogen-bond donors (Lipinski definition) is 1. The highest BCUT2D eigenvalue weighted by Crippen LogP contribution is 2.44. The van der Waals surface area contributed by atoms with Crippen molar-refractivity contribution in [2.75, 3.05) is 11.4 Å². The predicted octanol–water partition coefficient (Wildman–Crippen LogP) is 4.73. The molecule has 4 rings (SSSR count). The summed E-state index contributed by atoms with van der Waals surface area (Å²) in [4.78, 5) is 43.7. The number of benzene rings is 1. The minimum atomic E-state index is -0.731. The first-order chi connectivity index (χ1) is 15.4. The number of thiophene rings is 1. The van der Waals surface area contributed by atoms with Gasteiger partial charge in [0.05, 0.1) is 17.3 Å². The van der Waals surface area contributed by atoms with E-state index < -0.39 is 5.66 Å². The number of nitrogens with zero attached hydrogens (tertiary/aromatic N) is 2. The fourth-order valence-electron chi connectivity index (χ4n) is 5.15. The van der Waals surface area contributed by atoms with E-state index in [9.17, 15) is 14.4 Å². The van der Waals surface area contributed by atoms with E-state index in [2.05, 4.69) is 25.2 Å². The molecule has 1 N–H and O–H groups in total. The van der Waals surface area contributed by atoms with Crippen LogP contribution in [0.15, 0.2) is 41.8 Å². The molecule has 0 bridgehead atoms. The SMILES string of the molecule is CCC(CC)C(NC(=O)CCN1C(=O)c2ccccc2N2C(=O)CCC12C)c1cccs1. The molecule has 6 nitrogen and oxygen atoms in total. The maximum atomic E-state index is 13.4. The Kier molecular flexibility index (Phi) is 6.38. The van der Waals surface area contributed by atoms with Gasteiger partial charge >= 0.3 is 0 Å². The van der Waals surface area contributed by atoms with Gasteiger partial charge in [-0.15, -0.1) is 11.3 Å². The van der Waals surface area contributed by atoms with E-state index in [0.29, 0.717) is 30.0 Å². The van der Waals surface area contributed by atoms with Gasteiger partial charge in [-0.1, -0.05) is 44.9 Å². The van der Waals surface area contributed by atoms with Gasteiger partial charge < -0.3 is 10.2 Å². The number of hydrogen-bond acceptors (Lipinski definition) is 4. The number of amides is 3. The molecule has 2 unspecified atom stereocenters. The summed E-state index contributed by atoms with van der Waals surface area (Å²) in [6.45, 7) is 6.51. The van der Waals surface area contributed by atoms with Crippen LogP contribution in [0.5, 0.6) is 0 Å². The van der Waals surface area contributed by atoms with E-state index in [1.54, 1.807) is 27.2 Å². The molecule has 2 aliphatic heterocycles. The van der Waals surface area contributed by atoms with Crippen molar-refractivity contribution < 1.29 is 14.4 Å². The van der Waals surface area contributed by atoms with Crippen molar-refractivity contribution in [2.24, 2.45) is 5.92 Å². The third kappa shape index (κ3) is 3.83. The monoisotopic (exact) mass is 453 g/mol. The highest BCUT2D eigenvalue weighted by Gasteiger charge is 2.52. The lowest BCUT2D eigenvalue weighted by Crippen LogP contribution is -2.62. The number of rotatable bonds is 8. The van der Waals surface area contributed by atoms with Crippen molar-refractivity contribution >= 4 is 34.7 Å². The van der Waals surface area contributed by atoms with E-state index in [4.69, 9.17) is 0 Å². The summed E-state index contributed by atoms with van der Waals surface area (Å²) in [5.41, 5.74) is 0.467. The van der Waals surface area contributed by atoms with Crippen molar-refractivity contribution in [1.29, 1.82) is 0 Å². The molecule has 2 aromatic rings. The molecule has 1 aromatic carbocycles. The summed E-state index contributed by atoms with van der Waals surface area (Å²) in [6, 6.07) is 11.3. The van der Waals surface area contributed by atoms with Gasteiger partial charge in [-0.05, 0) is 42.8 Å². The van der Waals surface area contributed by atoms with E-state index in [1.165, 1.54) is 0 Å². The second kappa shape index (κ2) is 9.06. The highest BCUT2D eigenvalue weighted by atomic mass is 32.1. The quantitative estimate of drug-likeness (QED) is 0.628. The number of nitrogens with one attached hydrogen (secondary N) is 1. The lowest BCUT2D eigenvalue weighted by atomic mass is 9.92. The standard InChI is InChI=1S/C25H31N3O3S/c1-4-17(5-2)23(20-11-8-16-32-20)26-21(29)13-15-27-24(31)18-9-6-7-10-19(18)28-22(30)12-14-25(27,28)3/h6-11,16-17,23H,4-5,12-15H2,1-3H3,(H,26,29). The van der Waals surface area contributed by atoms with Gasteiger partial charge in [-0.2, -0.15) is 0 Å². The lowest BCUT2D eigenvalue weighted by Gasteiger charge is -2.48. The van der Waals surface area contributed by atoms with E-state index >= 15 is 0 Å². The summed E-state index contributed by atoms with van der Waals surface area (Å²) in [7, 11) is 0. The van der Waals surface area contributed by atoms with Gasteiger partial charge in [0.1, 0.15) is 5.66 Å². The predicted molar refractivity (Wildman–Crippen MR) is 126 cm³/mol. The van der Waals surface area contributed by atoms with Crippen LogP contribution in [0.2, 0.25) is 0 Å². The summed E-state index contributed by atoms with van der Waals surface area (Å²) >= 11 is 1.66. The van der Waals surface area contributed by atoms with Crippen LogP contribution in [0.25, 0.3) is 0 Å². The highest BCUT2D eigenvalue weighted by molar-refractivity contribution is 7.10. The smallest absolute Gasteiger partial charge is 0.257 e. The zero-order chi connectivity index (χ0) is 22.9. The average molecular weight is 454 g/mol. The van der Waals surface area contributed by atoms with Crippen molar-refractivity contribution in [3.63, 3.8) is 0 Å². The van der Waals surface area contributed by atoms with Gasteiger partial charge in [0, 0.05) is 24.3 Å². The molecular weight excluding hydrogens is 422 g/mol. The molecule has 2 aliphatic rings. The number of carbonyl (C=O) groups excluding carboxylic acids is 3. The van der Waals surface area contributed by atoms with E-state index in [-0.39, 0.29) is 36.7 Å². The molecule has 1 aromatic heterocycles. The Morgan fingerprint density at radius 2 is 1.91 bits per heavy atom. The van der Waals surface area contributed by atoms with E-state index in [1.807, 2.05) is 36.6 Å². The number of carbonyl (C=O) groups is 3. The largest absolute Gasteiger partial charge is 0.348 e. The van der Waals surface area contributed by atoms with Gasteiger partial charge in [-0.25, -0.2) is 0 Å². The van der Waals surface area contributed by atoms with Crippen LogP contribution in [0.3, 0.4) is 0 Å². The molecule has 2 atom stereocenters. The van der Waals surface area contributed by atoms with Crippen LogP contribution in [0.4, 0.5) is 5.69 Å². The first-order valence-corrected chi connectivity index (χ1v) is 12.4.